The molecule has 106 valence electrons. The molecule has 0 saturated heterocycles. The van der Waals surface area contributed by atoms with Gasteiger partial charge in [-0.15, -0.1) is 0 Å². The lowest BCUT2D eigenvalue weighted by atomic mass is 10.1. The number of fused-ring (bicyclic) bond motifs is 1. The van der Waals surface area contributed by atoms with Gasteiger partial charge < -0.3 is 9.72 Å². The Morgan fingerprint density at radius 1 is 1.10 bits per heavy atom. The minimum absolute atomic E-state index is 0.195. The predicted octanol–water partition coefficient (Wildman–Crippen LogP) is 3.51. The third kappa shape index (κ3) is 2.65. The van der Waals surface area contributed by atoms with Gasteiger partial charge in [-0.1, -0.05) is 6.07 Å². The van der Waals surface area contributed by atoms with Gasteiger partial charge in [0.25, 0.3) is 5.91 Å². The number of rotatable bonds is 2. The van der Waals surface area contributed by atoms with E-state index in [1.54, 1.807) is 6.20 Å². The molecule has 0 bridgehead atoms. The van der Waals surface area contributed by atoms with Crippen molar-refractivity contribution in [2.45, 2.75) is 20.8 Å². The molecule has 0 atom stereocenters. The summed E-state index contributed by atoms with van der Waals surface area (Å²) >= 11 is 0. The summed E-state index contributed by atoms with van der Waals surface area (Å²) in [5, 5.41) is 2.89. The molecular formula is C17H17N3O. The minimum atomic E-state index is -0.195. The monoisotopic (exact) mass is 279 g/mol. The topological polar surface area (TPSA) is 46.4 Å². The van der Waals surface area contributed by atoms with E-state index in [0.717, 1.165) is 22.5 Å². The SMILES string of the molecule is Cc1ccn2cc(C(=O)Nc3ccc(C)c(C)c3)nc2c1. The van der Waals surface area contributed by atoms with Gasteiger partial charge in [0.05, 0.1) is 0 Å². The first-order valence-electron chi connectivity index (χ1n) is 6.87. The van der Waals surface area contributed by atoms with Gasteiger partial charge in [0.15, 0.2) is 0 Å². The zero-order valence-electron chi connectivity index (χ0n) is 12.3. The van der Waals surface area contributed by atoms with E-state index < -0.39 is 0 Å². The Balaban J connectivity index is 1.87. The number of nitrogens with zero attached hydrogens (tertiary/aromatic N) is 2. The standard InChI is InChI=1S/C17H17N3O/c1-11-6-7-20-10-15(19-16(20)8-11)17(21)18-14-5-4-12(2)13(3)9-14/h4-10H,1-3H3,(H,18,21). The Kier molecular flexibility index (Phi) is 3.22. The van der Waals surface area contributed by atoms with Gasteiger partial charge >= 0.3 is 0 Å². The molecule has 0 saturated carbocycles. The van der Waals surface area contributed by atoms with E-state index >= 15 is 0 Å². The molecule has 0 unspecified atom stereocenters. The molecule has 1 N–H and O–H groups in total. The first kappa shape index (κ1) is 13.4. The van der Waals surface area contributed by atoms with Crippen LogP contribution < -0.4 is 5.32 Å². The van der Waals surface area contributed by atoms with Crippen molar-refractivity contribution in [2.24, 2.45) is 0 Å². The molecule has 3 aromatic rings. The molecule has 2 aromatic heterocycles. The lowest BCUT2D eigenvalue weighted by Gasteiger charge is -2.06. The van der Waals surface area contributed by atoms with Crippen molar-refractivity contribution in [1.82, 2.24) is 9.38 Å². The van der Waals surface area contributed by atoms with Crippen molar-refractivity contribution in [1.29, 1.82) is 0 Å². The zero-order chi connectivity index (χ0) is 15.0. The summed E-state index contributed by atoms with van der Waals surface area (Å²) < 4.78 is 1.85. The van der Waals surface area contributed by atoms with Crippen LogP contribution >= 0.6 is 0 Å². The van der Waals surface area contributed by atoms with Crippen molar-refractivity contribution >= 4 is 17.2 Å². The highest BCUT2D eigenvalue weighted by molar-refractivity contribution is 6.03. The van der Waals surface area contributed by atoms with E-state index in [0.29, 0.717) is 5.69 Å². The maximum atomic E-state index is 12.3. The summed E-state index contributed by atoms with van der Waals surface area (Å²) in [5.74, 6) is -0.195. The first-order chi connectivity index (χ1) is 10.0. The van der Waals surface area contributed by atoms with Crippen LogP contribution in [0, 0.1) is 20.8 Å². The van der Waals surface area contributed by atoms with E-state index in [2.05, 4.69) is 10.3 Å². The summed E-state index contributed by atoms with van der Waals surface area (Å²) in [5.41, 5.74) is 5.46. The fourth-order valence-corrected chi connectivity index (χ4v) is 2.21. The summed E-state index contributed by atoms with van der Waals surface area (Å²) in [6.07, 6.45) is 3.65. The number of aryl methyl sites for hydroxylation is 3. The number of aromatic nitrogens is 2. The third-order valence-electron chi connectivity index (χ3n) is 3.61. The van der Waals surface area contributed by atoms with Crippen molar-refractivity contribution in [3.63, 3.8) is 0 Å². The van der Waals surface area contributed by atoms with Crippen LogP contribution in [-0.4, -0.2) is 15.3 Å². The average molecular weight is 279 g/mol. The van der Waals surface area contributed by atoms with E-state index in [-0.39, 0.29) is 5.91 Å². The average Bonchev–Trinajstić information content (AvgIpc) is 2.86. The van der Waals surface area contributed by atoms with Gasteiger partial charge in [0.2, 0.25) is 0 Å². The molecule has 0 aliphatic heterocycles. The number of carbonyl (C=O) groups excluding carboxylic acids is 1. The van der Waals surface area contributed by atoms with Crippen molar-refractivity contribution in [3.8, 4) is 0 Å². The number of imidazole rings is 1. The summed E-state index contributed by atoms with van der Waals surface area (Å²) in [6.45, 7) is 6.08. The highest BCUT2D eigenvalue weighted by atomic mass is 16.1. The smallest absolute Gasteiger partial charge is 0.275 e. The van der Waals surface area contributed by atoms with Gasteiger partial charge in [-0.05, 0) is 61.7 Å². The van der Waals surface area contributed by atoms with Crippen molar-refractivity contribution in [3.05, 3.63) is 65.1 Å². The molecule has 0 fully saturated rings. The van der Waals surface area contributed by atoms with Crippen LogP contribution in [0.1, 0.15) is 27.2 Å². The van der Waals surface area contributed by atoms with Gasteiger partial charge in [-0.2, -0.15) is 0 Å². The molecule has 2 heterocycles. The summed E-state index contributed by atoms with van der Waals surface area (Å²) in [6, 6.07) is 9.80. The Morgan fingerprint density at radius 2 is 1.90 bits per heavy atom. The Morgan fingerprint density at radius 3 is 2.67 bits per heavy atom. The van der Waals surface area contributed by atoms with Crippen LogP contribution in [0.5, 0.6) is 0 Å². The second-order valence-corrected chi connectivity index (χ2v) is 5.35. The van der Waals surface area contributed by atoms with Crippen LogP contribution in [-0.2, 0) is 0 Å². The minimum Gasteiger partial charge on any atom is -0.321 e. The van der Waals surface area contributed by atoms with Crippen LogP contribution in [0.4, 0.5) is 5.69 Å². The van der Waals surface area contributed by atoms with Crippen LogP contribution in [0.2, 0.25) is 0 Å². The number of nitrogens with one attached hydrogen (secondary N) is 1. The van der Waals surface area contributed by atoms with Gasteiger partial charge in [0, 0.05) is 18.1 Å². The first-order valence-corrected chi connectivity index (χ1v) is 6.87. The number of benzene rings is 1. The van der Waals surface area contributed by atoms with E-state index in [1.807, 2.05) is 61.7 Å². The number of hydrogen-bond donors (Lipinski definition) is 1. The predicted molar refractivity (Wildman–Crippen MR) is 83.8 cm³/mol. The highest BCUT2D eigenvalue weighted by Crippen LogP contribution is 2.15. The molecule has 1 aromatic carbocycles. The zero-order valence-corrected chi connectivity index (χ0v) is 12.3. The molecule has 0 spiro atoms. The third-order valence-corrected chi connectivity index (χ3v) is 3.61. The van der Waals surface area contributed by atoms with Crippen LogP contribution in [0.3, 0.4) is 0 Å². The maximum Gasteiger partial charge on any atom is 0.275 e. The fourth-order valence-electron chi connectivity index (χ4n) is 2.21. The van der Waals surface area contributed by atoms with E-state index in [1.165, 1.54) is 5.56 Å². The second-order valence-electron chi connectivity index (χ2n) is 5.35. The Hall–Kier alpha value is -2.62. The molecule has 1 amide bonds. The molecule has 4 heteroatoms. The van der Waals surface area contributed by atoms with Crippen molar-refractivity contribution < 1.29 is 4.79 Å². The van der Waals surface area contributed by atoms with E-state index in [9.17, 15) is 4.79 Å². The van der Waals surface area contributed by atoms with Crippen molar-refractivity contribution in [2.75, 3.05) is 5.32 Å². The van der Waals surface area contributed by atoms with Gasteiger partial charge in [-0.25, -0.2) is 4.98 Å². The largest absolute Gasteiger partial charge is 0.321 e. The number of carbonyl (C=O) groups is 1. The molecule has 4 nitrogen and oxygen atoms in total. The molecule has 3 rings (SSSR count). The number of hydrogen-bond acceptors (Lipinski definition) is 2. The van der Waals surface area contributed by atoms with Gasteiger partial charge in [-0.3, -0.25) is 4.79 Å². The lowest BCUT2D eigenvalue weighted by Crippen LogP contribution is -2.12. The Labute approximate surface area is 123 Å². The quantitative estimate of drug-likeness (QED) is 0.780. The van der Waals surface area contributed by atoms with Crippen LogP contribution in [0.15, 0.2) is 42.7 Å². The number of pyridine rings is 1. The lowest BCUT2D eigenvalue weighted by molar-refractivity contribution is 0.102. The number of anilines is 1. The normalized spacial score (nSPS) is 10.8. The number of amides is 1. The van der Waals surface area contributed by atoms with E-state index in [4.69, 9.17) is 0 Å². The Bertz CT molecular complexity index is 833. The molecular weight excluding hydrogens is 262 g/mol. The molecule has 21 heavy (non-hydrogen) atoms. The summed E-state index contributed by atoms with van der Waals surface area (Å²) in [4.78, 5) is 16.6. The molecule has 0 radical (unpaired) electrons. The molecule has 0 aliphatic carbocycles. The molecule has 0 aliphatic rings. The highest BCUT2D eigenvalue weighted by Gasteiger charge is 2.11. The van der Waals surface area contributed by atoms with Gasteiger partial charge in [0.1, 0.15) is 11.3 Å². The fraction of sp³-hybridized carbons (Fsp3) is 0.176. The van der Waals surface area contributed by atoms with Crippen LogP contribution in [0.25, 0.3) is 5.65 Å². The second kappa shape index (κ2) is 5.05. The maximum absolute atomic E-state index is 12.3. The summed E-state index contributed by atoms with van der Waals surface area (Å²) in [7, 11) is 0.